The number of nitrogens with one attached hydrogen (secondary N) is 1. The lowest BCUT2D eigenvalue weighted by Crippen LogP contribution is -2.33. The Kier molecular flexibility index (Phi) is 6.14. The summed E-state index contributed by atoms with van der Waals surface area (Å²) < 4.78 is 22.3. The molecule has 1 aliphatic heterocycles. The monoisotopic (exact) mass is 467 g/mol. The minimum Gasteiger partial charge on any atom is -0.508 e. The number of aromatic hydroxyl groups is 1. The number of hydrogen-bond acceptors (Lipinski definition) is 10. The minimum absolute atomic E-state index is 0.138. The number of fused-ring (bicyclic) bond motifs is 1. The molecule has 0 aliphatic carbocycles. The van der Waals surface area contributed by atoms with Gasteiger partial charge in [0, 0.05) is 12.1 Å². The second-order valence-corrected chi connectivity index (χ2v) is 8.60. The number of benzene rings is 1. The highest BCUT2D eigenvalue weighted by Crippen LogP contribution is 2.39. The van der Waals surface area contributed by atoms with Crippen molar-refractivity contribution in [3.05, 3.63) is 42.0 Å². The van der Waals surface area contributed by atoms with Gasteiger partial charge in [-0.25, -0.2) is 19.5 Å². The van der Waals surface area contributed by atoms with E-state index in [1.54, 1.807) is 12.1 Å². The molecule has 4 atom stereocenters. The second kappa shape index (κ2) is 8.71. The van der Waals surface area contributed by atoms with Crippen molar-refractivity contribution in [2.24, 2.45) is 0 Å². The molecule has 172 valence electrons. The van der Waals surface area contributed by atoms with Crippen LogP contribution in [0.5, 0.6) is 5.75 Å². The first-order valence-electron chi connectivity index (χ1n) is 9.55. The molecule has 1 saturated heterocycles. The molecule has 13 nitrogen and oxygen atoms in total. The van der Waals surface area contributed by atoms with Gasteiger partial charge in [0.2, 0.25) is 0 Å². The number of imidazole rings is 1. The van der Waals surface area contributed by atoms with E-state index in [2.05, 4.69) is 24.8 Å². The Bertz CT molecular complexity index is 1170. The van der Waals surface area contributed by atoms with Crippen LogP contribution in [-0.4, -0.2) is 69.5 Å². The number of phosphoric ester groups is 1. The molecule has 1 aromatic carbocycles. The SMILES string of the molecule is Cc1ccc(O)c(CNc2ncnc3c2ncn3[C@@H]2O[C@H](COP(=O)(O)O)[C@@H](O)[C@H]2O)c1. The van der Waals surface area contributed by atoms with Gasteiger partial charge >= 0.3 is 7.82 Å². The molecule has 4 rings (SSSR count). The zero-order valence-corrected chi connectivity index (χ0v) is 17.7. The van der Waals surface area contributed by atoms with Crippen LogP contribution in [0.25, 0.3) is 11.2 Å². The van der Waals surface area contributed by atoms with E-state index in [-0.39, 0.29) is 12.3 Å². The van der Waals surface area contributed by atoms with Gasteiger partial charge in [-0.2, -0.15) is 0 Å². The molecule has 0 spiro atoms. The Balaban J connectivity index is 1.55. The summed E-state index contributed by atoms with van der Waals surface area (Å²) in [6, 6.07) is 5.24. The number of rotatable bonds is 7. The first-order valence-corrected chi connectivity index (χ1v) is 11.1. The molecule has 3 aromatic rings. The summed E-state index contributed by atoms with van der Waals surface area (Å²) in [5, 5.41) is 33.7. The van der Waals surface area contributed by atoms with Crippen molar-refractivity contribution in [1.29, 1.82) is 0 Å². The van der Waals surface area contributed by atoms with Gasteiger partial charge in [-0.1, -0.05) is 17.7 Å². The number of aliphatic hydroxyl groups is 2. The summed E-state index contributed by atoms with van der Waals surface area (Å²) in [5.74, 6) is 0.517. The number of anilines is 1. The highest BCUT2D eigenvalue weighted by Gasteiger charge is 2.45. The lowest BCUT2D eigenvalue weighted by Gasteiger charge is -2.16. The van der Waals surface area contributed by atoms with Crippen molar-refractivity contribution < 1.29 is 38.9 Å². The Morgan fingerprint density at radius 2 is 2.00 bits per heavy atom. The quantitative estimate of drug-likeness (QED) is 0.259. The molecule has 0 bridgehead atoms. The standard InChI is InChI=1S/C18H22N5O8P/c1-9-2-3-11(24)10(4-9)5-19-16-13-17(21-7-20-16)23(8-22-13)18-15(26)14(25)12(31-18)6-30-32(27,28)29/h2-4,7-8,12,14-15,18,24-26H,5-6H2,1H3,(H,19,20,21)(H2,27,28,29)/t12-,14-,15-,18-/m1/s1. The van der Waals surface area contributed by atoms with Gasteiger partial charge in [0.1, 0.15) is 30.4 Å². The molecule has 32 heavy (non-hydrogen) atoms. The molecule has 6 N–H and O–H groups in total. The lowest BCUT2D eigenvalue weighted by molar-refractivity contribution is -0.0504. The van der Waals surface area contributed by atoms with Gasteiger partial charge in [0.25, 0.3) is 0 Å². The van der Waals surface area contributed by atoms with E-state index < -0.39 is 39.0 Å². The summed E-state index contributed by atoms with van der Waals surface area (Å²) in [4.78, 5) is 30.3. The number of phosphoric acid groups is 1. The van der Waals surface area contributed by atoms with E-state index in [0.717, 1.165) is 5.56 Å². The highest BCUT2D eigenvalue weighted by atomic mass is 31.2. The highest BCUT2D eigenvalue weighted by molar-refractivity contribution is 7.46. The van der Waals surface area contributed by atoms with Crippen LogP contribution >= 0.6 is 7.82 Å². The largest absolute Gasteiger partial charge is 0.508 e. The third-order valence-corrected chi connectivity index (χ3v) is 5.54. The Morgan fingerprint density at radius 3 is 2.75 bits per heavy atom. The zero-order valence-electron chi connectivity index (χ0n) is 16.8. The van der Waals surface area contributed by atoms with Crippen molar-refractivity contribution in [2.45, 2.75) is 38.0 Å². The van der Waals surface area contributed by atoms with E-state index in [0.29, 0.717) is 22.5 Å². The Morgan fingerprint density at radius 1 is 1.22 bits per heavy atom. The summed E-state index contributed by atoms with van der Waals surface area (Å²) in [6.45, 7) is 1.57. The van der Waals surface area contributed by atoms with Crippen LogP contribution in [0.15, 0.2) is 30.9 Å². The average Bonchev–Trinajstić information content (AvgIpc) is 3.28. The van der Waals surface area contributed by atoms with Gasteiger partial charge in [0.15, 0.2) is 23.2 Å². The summed E-state index contributed by atoms with van der Waals surface area (Å²) in [7, 11) is -4.77. The van der Waals surface area contributed by atoms with Gasteiger partial charge in [-0.15, -0.1) is 0 Å². The van der Waals surface area contributed by atoms with Crippen molar-refractivity contribution in [1.82, 2.24) is 19.5 Å². The maximum atomic E-state index is 10.9. The molecule has 0 saturated carbocycles. The maximum absolute atomic E-state index is 10.9. The summed E-state index contributed by atoms with van der Waals surface area (Å²) >= 11 is 0. The smallest absolute Gasteiger partial charge is 0.469 e. The third kappa shape index (κ3) is 4.59. The van der Waals surface area contributed by atoms with Crippen LogP contribution in [0.1, 0.15) is 17.4 Å². The number of ether oxygens (including phenoxy) is 1. The maximum Gasteiger partial charge on any atom is 0.469 e. The first kappa shape index (κ1) is 22.6. The second-order valence-electron chi connectivity index (χ2n) is 7.36. The fourth-order valence-electron chi connectivity index (χ4n) is 3.47. The molecule has 14 heteroatoms. The summed E-state index contributed by atoms with van der Waals surface area (Å²) in [6.07, 6.45) is -2.54. The van der Waals surface area contributed by atoms with E-state index in [1.807, 2.05) is 13.0 Å². The van der Waals surface area contributed by atoms with Gasteiger partial charge in [-0.05, 0) is 13.0 Å². The van der Waals surface area contributed by atoms with E-state index >= 15 is 0 Å². The van der Waals surface area contributed by atoms with Crippen molar-refractivity contribution in [3.63, 3.8) is 0 Å². The molecule has 2 aromatic heterocycles. The summed E-state index contributed by atoms with van der Waals surface area (Å²) in [5.41, 5.74) is 2.31. The van der Waals surface area contributed by atoms with E-state index in [9.17, 15) is 19.9 Å². The van der Waals surface area contributed by atoms with E-state index in [1.165, 1.54) is 17.2 Å². The van der Waals surface area contributed by atoms with Crippen LogP contribution < -0.4 is 5.32 Å². The number of nitrogens with zero attached hydrogens (tertiary/aromatic N) is 4. The number of aromatic nitrogens is 4. The molecule has 1 aliphatic rings. The van der Waals surface area contributed by atoms with Crippen LogP contribution in [0.3, 0.4) is 0 Å². The lowest BCUT2D eigenvalue weighted by atomic mass is 10.1. The van der Waals surface area contributed by atoms with Crippen LogP contribution in [0, 0.1) is 6.92 Å². The van der Waals surface area contributed by atoms with Crippen LogP contribution in [0.2, 0.25) is 0 Å². The predicted octanol–water partition coefficient (Wildman–Crippen LogP) is 0.181. The fraction of sp³-hybridized carbons (Fsp3) is 0.389. The first-order chi connectivity index (χ1) is 15.1. The Labute approximate surface area is 181 Å². The van der Waals surface area contributed by atoms with E-state index in [4.69, 9.17) is 14.5 Å². The fourth-order valence-corrected chi connectivity index (χ4v) is 3.81. The van der Waals surface area contributed by atoms with Crippen molar-refractivity contribution in [2.75, 3.05) is 11.9 Å². The number of phenols is 1. The molecule has 0 unspecified atom stereocenters. The molecule has 0 amide bonds. The molecule has 0 radical (unpaired) electrons. The van der Waals surface area contributed by atoms with Gasteiger partial charge < -0.3 is 35.2 Å². The average molecular weight is 467 g/mol. The topological polar surface area (TPSA) is 192 Å². The Hall–Kier alpha value is -2.64. The van der Waals surface area contributed by atoms with Crippen molar-refractivity contribution in [3.8, 4) is 5.75 Å². The molecule has 3 heterocycles. The predicted molar refractivity (Wildman–Crippen MR) is 109 cm³/mol. The number of aryl methyl sites for hydroxylation is 1. The van der Waals surface area contributed by atoms with Crippen molar-refractivity contribution >= 4 is 24.8 Å². The number of aliphatic hydroxyl groups excluding tert-OH is 2. The van der Waals surface area contributed by atoms with Crippen LogP contribution in [0.4, 0.5) is 5.82 Å². The molecule has 1 fully saturated rings. The third-order valence-electron chi connectivity index (χ3n) is 5.06. The number of phenolic OH excluding ortho intramolecular Hbond substituents is 1. The molecular formula is C18H22N5O8P. The minimum atomic E-state index is -4.77. The van der Waals surface area contributed by atoms with Gasteiger partial charge in [-0.3, -0.25) is 9.09 Å². The normalized spacial score (nSPS) is 23.7. The van der Waals surface area contributed by atoms with Crippen LogP contribution in [-0.2, 0) is 20.4 Å². The zero-order chi connectivity index (χ0) is 23.0. The van der Waals surface area contributed by atoms with Gasteiger partial charge in [0.05, 0.1) is 12.9 Å². The number of hydrogen-bond donors (Lipinski definition) is 6. The molecular weight excluding hydrogens is 445 g/mol.